The van der Waals surface area contributed by atoms with Crippen molar-refractivity contribution in [2.45, 2.75) is 51.6 Å². The summed E-state index contributed by atoms with van der Waals surface area (Å²) in [7, 11) is 0. The average molecular weight is 184 g/mol. The smallest absolute Gasteiger partial charge is 0.224 e. The molecular weight excluding hydrogens is 164 g/mol. The van der Waals surface area contributed by atoms with Crippen molar-refractivity contribution in [2.24, 2.45) is 5.73 Å². The lowest BCUT2D eigenvalue weighted by molar-refractivity contribution is -0.132. The molecule has 1 rings (SSSR count). The molecule has 0 bridgehead atoms. The quantitative estimate of drug-likeness (QED) is 0.714. The van der Waals surface area contributed by atoms with Crippen molar-refractivity contribution in [1.82, 2.24) is 4.90 Å². The van der Waals surface area contributed by atoms with Gasteiger partial charge >= 0.3 is 0 Å². The summed E-state index contributed by atoms with van der Waals surface area (Å²) >= 11 is 0. The second-order valence-electron chi connectivity index (χ2n) is 3.95. The highest BCUT2D eigenvalue weighted by Crippen LogP contribution is 2.17. The molecule has 13 heavy (non-hydrogen) atoms. The van der Waals surface area contributed by atoms with E-state index in [1.807, 2.05) is 11.8 Å². The van der Waals surface area contributed by atoms with Gasteiger partial charge in [0.1, 0.15) is 0 Å². The van der Waals surface area contributed by atoms with Gasteiger partial charge in [0, 0.05) is 25.0 Å². The number of carbonyl (C=O) groups is 1. The molecule has 0 saturated carbocycles. The van der Waals surface area contributed by atoms with Gasteiger partial charge in [0.15, 0.2) is 0 Å². The van der Waals surface area contributed by atoms with Crippen molar-refractivity contribution in [1.29, 1.82) is 0 Å². The first kappa shape index (κ1) is 10.5. The van der Waals surface area contributed by atoms with E-state index in [0.717, 1.165) is 25.8 Å². The number of amides is 1. The van der Waals surface area contributed by atoms with Crippen molar-refractivity contribution < 1.29 is 4.79 Å². The Balaban J connectivity index is 2.38. The standard InChI is InChI=1S/C10H20N2O/c1-3-9(11)7-10(13)12-6-4-5-8(12)2/h8-9H,3-7,11H2,1-2H3. The first-order chi connectivity index (χ1) is 6.15. The van der Waals surface area contributed by atoms with Gasteiger partial charge in [0.05, 0.1) is 0 Å². The van der Waals surface area contributed by atoms with Gasteiger partial charge in [-0.3, -0.25) is 4.79 Å². The molecule has 1 aliphatic heterocycles. The minimum atomic E-state index is 0.0419. The van der Waals surface area contributed by atoms with E-state index in [1.165, 1.54) is 0 Å². The van der Waals surface area contributed by atoms with Crippen LogP contribution in [0.25, 0.3) is 0 Å². The lowest BCUT2D eigenvalue weighted by atomic mass is 10.1. The molecule has 1 aliphatic rings. The van der Waals surface area contributed by atoms with Crippen LogP contribution in [0.15, 0.2) is 0 Å². The number of rotatable bonds is 3. The van der Waals surface area contributed by atoms with Crippen LogP contribution in [-0.2, 0) is 4.79 Å². The van der Waals surface area contributed by atoms with E-state index in [4.69, 9.17) is 5.73 Å². The van der Waals surface area contributed by atoms with Crippen LogP contribution in [0.2, 0.25) is 0 Å². The maximum atomic E-state index is 11.7. The Kier molecular flexibility index (Phi) is 3.72. The third-order valence-corrected chi connectivity index (χ3v) is 2.83. The van der Waals surface area contributed by atoms with E-state index >= 15 is 0 Å². The van der Waals surface area contributed by atoms with E-state index < -0.39 is 0 Å². The van der Waals surface area contributed by atoms with E-state index in [2.05, 4.69) is 6.92 Å². The van der Waals surface area contributed by atoms with E-state index in [1.54, 1.807) is 0 Å². The fraction of sp³-hybridized carbons (Fsp3) is 0.900. The molecule has 0 aromatic heterocycles. The number of likely N-dealkylation sites (tertiary alicyclic amines) is 1. The van der Waals surface area contributed by atoms with Crippen LogP contribution in [0, 0.1) is 0 Å². The molecule has 1 heterocycles. The lowest BCUT2D eigenvalue weighted by Gasteiger charge is -2.22. The first-order valence-corrected chi connectivity index (χ1v) is 5.20. The van der Waals surface area contributed by atoms with Crippen LogP contribution in [-0.4, -0.2) is 29.4 Å². The number of hydrogen-bond donors (Lipinski definition) is 1. The summed E-state index contributed by atoms with van der Waals surface area (Å²) in [4.78, 5) is 13.6. The highest BCUT2D eigenvalue weighted by atomic mass is 16.2. The molecule has 2 atom stereocenters. The normalized spacial score (nSPS) is 24.8. The van der Waals surface area contributed by atoms with Crippen molar-refractivity contribution in [3.63, 3.8) is 0 Å². The Morgan fingerprint density at radius 3 is 2.85 bits per heavy atom. The van der Waals surface area contributed by atoms with Gasteiger partial charge in [0.2, 0.25) is 5.91 Å². The first-order valence-electron chi connectivity index (χ1n) is 5.20. The van der Waals surface area contributed by atoms with Crippen LogP contribution in [0.4, 0.5) is 0 Å². The lowest BCUT2D eigenvalue weighted by Crippen LogP contribution is -2.37. The van der Waals surface area contributed by atoms with Crippen LogP contribution in [0.5, 0.6) is 0 Å². The van der Waals surface area contributed by atoms with Gasteiger partial charge in [0.25, 0.3) is 0 Å². The number of nitrogens with zero attached hydrogens (tertiary/aromatic N) is 1. The summed E-state index contributed by atoms with van der Waals surface area (Å²) in [6.45, 7) is 5.06. The maximum absolute atomic E-state index is 11.7. The molecule has 0 aromatic carbocycles. The third-order valence-electron chi connectivity index (χ3n) is 2.83. The van der Waals surface area contributed by atoms with Gasteiger partial charge in [-0.15, -0.1) is 0 Å². The molecule has 76 valence electrons. The SMILES string of the molecule is CCC(N)CC(=O)N1CCCC1C. The number of hydrogen-bond acceptors (Lipinski definition) is 2. The molecule has 1 amide bonds. The summed E-state index contributed by atoms with van der Waals surface area (Å²) in [5, 5.41) is 0. The second-order valence-corrected chi connectivity index (χ2v) is 3.95. The molecular formula is C10H20N2O. The summed E-state index contributed by atoms with van der Waals surface area (Å²) < 4.78 is 0. The Labute approximate surface area is 80.3 Å². The monoisotopic (exact) mass is 184 g/mol. The Bertz CT molecular complexity index is 182. The number of nitrogens with two attached hydrogens (primary N) is 1. The molecule has 0 aliphatic carbocycles. The second kappa shape index (κ2) is 4.61. The summed E-state index contributed by atoms with van der Waals surface area (Å²) in [5.74, 6) is 0.236. The van der Waals surface area contributed by atoms with Gasteiger partial charge in [-0.2, -0.15) is 0 Å². The van der Waals surface area contributed by atoms with Gasteiger partial charge in [-0.1, -0.05) is 6.92 Å². The molecule has 2 unspecified atom stereocenters. The summed E-state index contributed by atoms with van der Waals surface area (Å²) in [5.41, 5.74) is 5.74. The van der Waals surface area contributed by atoms with Gasteiger partial charge < -0.3 is 10.6 Å². The topological polar surface area (TPSA) is 46.3 Å². The summed E-state index contributed by atoms with van der Waals surface area (Å²) in [6.07, 6.45) is 3.69. The predicted molar refractivity (Wildman–Crippen MR) is 53.3 cm³/mol. The molecule has 1 saturated heterocycles. The zero-order valence-electron chi connectivity index (χ0n) is 8.62. The van der Waals surface area contributed by atoms with E-state index in [9.17, 15) is 4.79 Å². The zero-order valence-corrected chi connectivity index (χ0v) is 8.62. The largest absolute Gasteiger partial charge is 0.340 e. The highest BCUT2D eigenvalue weighted by molar-refractivity contribution is 5.77. The molecule has 0 radical (unpaired) electrons. The Morgan fingerprint density at radius 1 is 1.69 bits per heavy atom. The van der Waals surface area contributed by atoms with Crippen molar-refractivity contribution in [3.8, 4) is 0 Å². The average Bonchev–Trinajstić information content (AvgIpc) is 2.51. The van der Waals surface area contributed by atoms with Gasteiger partial charge in [-0.25, -0.2) is 0 Å². The van der Waals surface area contributed by atoms with Crippen LogP contribution in [0.1, 0.15) is 39.5 Å². The fourth-order valence-electron chi connectivity index (χ4n) is 1.79. The predicted octanol–water partition coefficient (Wildman–Crippen LogP) is 1.12. The van der Waals surface area contributed by atoms with E-state index in [0.29, 0.717) is 12.5 Å². The van der Waals surface area contributed by atoms with Crippen LogP contribution < -0.4 is 5.73 Å². The molecule has 3 nitrogen and oxygen atoms in total. The molecule has 2 N–H and O–H groups in total. The maximum Gasteiger partial charge on any atom is 0.224 e. The molecule has 0 aromatic rings. The summed E-state index contributed by atoms with van der Waals surface area (Å²) in [6, 6.07) is 0.469. The Hall–Kier alpha value is -0.570. The third kappa shape index (κ3) is 2.69. The molecule has 3 heteroatoms. The minimum Gasteiger partial charge on any atom is -0.340 e. The fourth-order valence-corrected chi connectivity index (χ4v) is 1.79. The van der Waals surface area contributed by atoms with E-state index in [-0.39, 0.29) is 11.9 Å². The van der Waals surface area contributed by atoms with Gasteiger partial charge in [-0.05, 0) is 26.2 Å². The van der Waals surface area contributed by atoms with Crippen molar-refractivity contribution >= 4 is 5.91 Å². The van der Waals surface area contributed by atoms with Crippen LogP contribution >= 0.6 is 0 Å². The molecule has 0 spiro atoms. The van der Waals surface area contributed by atoms with Crippen molar-refractivity contribution in [3.05, 3.63) is 0 Å². The Morgan fingerprint density at radius 2 is 2.38 bits per heavy atom. The number of carbonyl (C=O) groups excluding carboxylic acids is 1. The zero-order chi connectivity index (χ0) is 9.84. The molecule has 1 fully saturated rings. The highest BCUT2D eigenvalue weighted by Gasteiger charge is 2.25. The minimum absolute atomic E-state index is 0.0419. The van der Waals surface area contributed by atoms with Crippen LogP contribution in [0.3, 0.4) is 0 Å². The van der Waals surface area contributed by atoms with Crippen molar-refractivity contribution in [2.75, 3.05) is 6.54 Å².